The summed E-state index contributed by atoms with van der Waals surface area (Å²) in [6, 6.07) is 35.6. The van der Waals surface area contributed by atoms with Crippen LogP contribution in [-0.2, 0) is 12.8 Å². The molecule has 42 heavy (non-hydrogen) atoms. The highest BCUT2D eigenvalue weighted by atomic mass is 15.1. The van der Waals surface area contributed by atoms with Gasteiger partial charge in [-0.05, 0) is 83.3 Å². The number of unbranched alkanes of at least 4 members (excludes halogenated alkanes) is 6. The molecule has 0 unspecified atom stereocenters. The minimum Gasteiger partial charge on any atom is -0.345 e. The van der Waals surface area contributed by atoms with Crippen molar-refractivity contribution in [2.45, 2.75) is 78.1 Å². The number of anilines is 2. The summed E-state index contributed by atoms with van der Waals surface area (Å²) < 4.78 is 0. The quantitative estimate of drug-likeness (QED) is 0.0981. The van der Waals surface area contributed by atoms with Gasteiger partial charge in [0.25, 0.3) is 0 Å². The average molecular weight is 556 g/mol. The van der Waals surface area contributed by atoms with Gasteiger partial charge in [0.2, 0.25) is 0 Å². The second-order valence-electron chi connectivity index (χ2n) is 11.5. The number of rotatable bonds is 16. The van der Waals surface area contributed by atoms with Crippen LogP contribution < -0.4 is 4.90 Å². The van der Waals surface area contributed by atoms with Gasteiger partial charge in [0, 0.05) is 18.4 Å². The van der Waals surface area contributed by atoms with Gasteiger partial charge in [-0.2, -0.15) is 0 Å². The summed E-state index contributed by atoms with van der Waals surface area (Å²) in [5.41, 5.74) is 10.2. The lowest BCUT2D eigenvalue weighted by atomic mass is 10.0. The fourth-order valence-electron chi connectivity index (χ4n) is 5.25. The molecule has 0 aliphatic rings. The summed E-state index contributed by atoms with van der Waals surface area (Å²) >= 11 is 0. The molecule has 0 amide bonds. The van der Waals surface area contributed by atoms with Gasteiger partial charge < -0.3 is 4.90 Å². The molecule has 0 saturated carbocycles. The molecular formula is C41H49N. The maximum absolute atomic E-state index is 2.28. The zero-order valence-electron chi connectivity index (χ0n) is 26.1. The Labute approximate surface area is 255 Å². The zero-order valence-corrected chi connectivity index (χ0v) is 26.1. The Kier molecular flexibility index (Phi) is 12.7. The monoisotopic (exact) mass is 555 g/mol. The maximum atomic E-state index is 2.28. The Bertz CT molecular complexity index is 1250. The van der Waals surface area contributed by atoms with Gasteiger partial charge in [0.1, 0.15) is 0 Å². The molecule has 1 nitrogen and oxygen atoms in total. The smallest absolute Gasteiger partial charge is 0.0408 e. The summed E-state index contributed by atoms with van der Waals surface area (Å²) in [6.45, 7) is 4.53. The number of hydrogen-bond donors (Lipinski definition) is 0. The Morgan fingerprint density at radius 1 is 0.405 bits per heavy atom. The molecule has 0 spiro atoms. The Balaban J connectivity index is 1.27. The van der Waals surface area contributed by atoms with E-state index in [4.69, 9.17) is 0 Å². The number of aryl methyl sites for hydroxylation is 2. The SMILES string of the molecule is CCCCCCc1ccc(C=Cc2ccc(N(C)c3ccc(C=Cc4ccc(CCCCCC)cc4)cc3)cc2)cc1. The van der Waals surface area contributed by atoms with Gasteiger partial charge in [0.05, 0.1) is 0 Å². The van der Waals surface area contributed by atoms with Gasteiger partial charge in [-0.25, -0.2) is 0 Å². The zero-order chi connectivity index (χ0) is 29.4. The molecule has 0 N–H and O–H groups in total. The predicted octanol–water partition coefficient (Wildman–Crippen LogP) is 12.0. The van der Waals surface area contributed by atoms with Crippen molar-refractivity contribution in [2.75, 3.05) is 11.9 Å². The van der Waals surface area contributed by atoms with Crippen LogP contribution in [0.1, 0.15) is 98.6 Å². The summed E-state index contributed by atoms with van der Waals surface area (Å²) in [5, 5.41) is 0. The first-order chi connectivity index (χ1) is 20.6. The lowest BCUT2D eigenvalue weighted by Crippen LogP contribution is -2.08. The first-order valence-corrected chi connectivity index (χ1v) is 16.1. The minimum absolute atomic E-state index is 1.18. The minimum atomic E-state index is 1.18. The van der Waals surface area contributed by atoms with Gasteiger partial charge in [0.15, 0.2) is 0 Å². The van der Waals surface area contributed by atoms with Crippen LogP contribution in [0.4, 0.5) is 11.4 Å². The molecule has 0 aliphatic heterocycles. The van der Waals surface area contributed by atoms with Gasteiger partial charge in [-0.15, -0.1) is 0 Å². The normalized spacial score (nSPS) is 11.5. The molecule has 0 atom stereocenters. The van der Waals surface area contributed by atoms with E-state index in [1.807, 2.05) is 0 Å². The molecular weight excluding hydrogens is 506 g/mol. The first kappa shape index (κ1) is 31.1. The predicted molar refractivity (Wildman–Crippen MR) is 187 cm³/mol. The van der Waals surface area contributed by atoms with Crippen molar-refractivity contribution in [1.29, 1.82) is 0 Å². The highest BCUT2D eigenvalue weighted by molar-refractivity contribution is 5.73. The van der Waals surface area contributed by atoms with Crippen molar-refractivity contribution < 1.29 is 0 Å². The highest BCUT2D eigenvalue weighted by Crippen LogP contribution is 2.25. The molecule has 0 saturated heterocycles. The summed E-state index contributed by atoms with van der Waals surface area (Å²) in [5.74, 6) is 0. The maximum Gasteiger partial charge on any atom is 0.0408 e. The standard InChI is InChI=1S/C41H49N/c1-4-6-8-10-12-34-14-18-36(19-15-34)22-24-38-26-30-40(31-27-38)42(3)41-32-28-39(29-33-41)25-23-37-20-16-35(17-21-37)13-11-9-7-5-2/h14-33H,4-13H2,1-3H3. The Morgan fingerprint density at radius 3 is 1.02 bits per heavy atom. The average Bonchev–Trinajstić information content (AvgIpc) is 3.04. The molecule has 218 valence electrons. The third-order valence-electron chi connectivity index (χ3n) is 8.09. The molecule has 0 aliphatic carbocycles. The van der Waals surface area contributed by atoms with E-state index in [1.54, 1.807) is 0 Å². The van der Waals surface area contributed by atoms with E-state index in [0.29, 0.717) is 0 Å². The van der Waals surface area contributed by atoms with Crippen LogP contribution in [-0.4, -0.2) is 7.05 Å². The fraction of sp³-hybridized carbons (Fsp3) is 0.317. The summed E-state index contributed by atoms with van der Waals surface area (Å²) in [4.78, 5) is 2.24. The third kappa shape index (κ3) is 10.2. The van der Waals surface area contributed by atoms with E-state index < -0.39 is 0 Å². The van der Waals surface area contributed by atoms with Crippen LogP contribution in [0.25, 0.3) is 24.3 Å². The van der Waals surface area contributed by atoms with Crippen molar-refractivity contribution in [1.82, 2.24) is 0 Å². The molecule has 1 heteroatoms. The molecule has 0 radical (unpaired) electrons. The van der Waals surface area contributed by atoms with Crippen LogP contribution in [0.5, 0.6) is 0 Å². The first-order valence-electron chi connectivity index (χ1n) is 16.1. The Morgan fingerprint density at radius 2 is 0.714 bits per heavy atom. The molecule has 0 fully saturated rings. The second kappa shape index (κ2) is 17.2. The summed E-state index contributed by atoms with van der Waals surface area (Å²) in [7, 11) is 2.13. The van der Waals surface area contributed by atoms with Crippen molar-refractivity contribution in [2.24, 2.45) is 0 Å². The third-order valence-corrected chi connectivity index (χ3v) is 8.09. The molecule has 0 aromatic heterocycles. The van der Waals surface area contributed by atoms with Crippen molar-refractivity contribution in [3.63, 3.8) is 0 Å². The molecule has 0 bridgehead atoms. The number of hydrogen-bond acceptors (Lipinski definition) is 1. The molecule has 0 heterocycles. The van der Waals surface area contributed by atoms with Crippen LogP contribution >= 0.6 is 0 Å². The molecule has 4 rings (SSSR count). The summed E-state index contributed by atoms with van der Waals surface area (Å²) in [6.07, 6.45) is 21.7. The number of nitrogens with zero attached hydrogens (tertiary/aromatic N) is 1. The van der Waals surface area contributed by atoms with Crippen LogP contribution in [0.2, 0.25) is 0 Å². The fourth-order valence-corrected chi connectivity index (χ4v) is 5.25. The van der Waals surface area contributed by atoms with E-state index in [2.05, 4.69) is 147 Å². The molecule has 4 aromatic rings. The van der Waals surface area contributed by atoms with Crippen molar-refractivity contribution >= 4 is 35.7 Å². The van der Waals surface area contributed by atoms with E-state index in [9.17, 15) is 0 Å². The van der Waals surface area contributed by atoms with Crippen LogP contribution in [0, 0.1) is 0 Å². The van der Waals surface area contributed by atoms with E-state index in [0.717, 1.165) is 0 Å². The van der Waals surface area contributed by atoms with Gasteiger partial charge in [-0.3, -0.25) is 0 Å². The second-order valence-corrected chi connectivity index (χ2v) is 11.5. The van der Waals surface area contributed by atoms with Gasteiger partial charge in [-0.1, -0.05) is 149 Å². The van der Waals surface area contributed by atoms with E-state index in [-0.39, 0.29) is 0 Å². The van der Waals surface area contributed by atoms with Crippen LogP contribution in [0.3, 0.4) is 0 Å². The van der Waals surface area contributed by atoms with Crippen molar-refractivity contribution in [3.8, 4) is 0 Å². The largest absolute Gasteiger partial charge is 0.345 e. The highest BCUT2D eigenvalue weighted by Gasteiger charge is 2.04. The van der Waals surface area contributed by atoms with Crippen molar-refractivity contribution in [3.05, 3.63) is 130 Å². The lowest BCUT2D eigenvalue weighted by molar-refractivity contribution is 0.667. The lowest BCUT2D eigenvalue weighted by Gasteiger charge is -2.20. The Hall–Kier alpha value is -3.84. The van der Waals surface area contributed by atoms with Gasteiger partial charge >= 0.3 is 0 Å². The van der Waals surface area contributed by atoms with Crippen LogP contribution in [0.15, 0.2) is 97.1 Å². The topological polar surface area (TPSA) is 3.24 Å². The molecule has 4 aromatic carbocycles. The van der Waals surface area contributed by atoms with E-state index >= 15 is 0 Å². The number of benzene rings is 4. The van der Waals surface area contributed by atoms with E-state index in [1.165, 1.54) is 109 Å².